The fourth-order valence-corrected chi connectivity index (χ4v) is 7.66. The number of phenols is 1. The van der Waals surface area contributed by atoms with E-state index in [1.165, 1.54) is 41.3 Å². The number of H-pyrrole nitrogens is 1. The molecule has 328 valence electrons. The molecule has 3 aromatic carbocycles. The molecule has 7 rings (SSSR count). The molecule has 4 heterocycles. The van der Waals surface area contributed by atoms with Gasteiger partial charge in [0, 0.05) is 36.2 Å². The van der Waals surface area contributed by atoms with Crippen LogP contribution in [0.15, 0.2) is 94.6 Å². The standard InChI is InChI=1S/C43H45N3O16/c1-21-14-22(2)16-25(15-21)33-32-24(10-12-45-32)18-46(33)62-37-35(51)36(52)38(43(57,20-48)61-40(55)31(39(53)54)42(56,44-3)11-13-47)60-41(37)59-27-8-9-28-30(17-27)58-19-29(34(28)50)23-4-6-26(49)7-5-23/h4-10,12,14-19,31,35-38,41,44-45,47-49,51-52,56-57H,11,13,20H2,1-3H3,(H,53,54). The highest BCUT2D eigenvalue weighted by Gasteiger charge is 2.59. The van der Waals surface area contributed by atoms with Gasteiger partial charge in [-0.2, -0.15) is 4.73 Å². The quantitative estimate of drug-likeness (QED) is 0.0395. The van der Waals surface area contributed by atoms with Crippen molar-refractivity contribution in [3.8, 4) is 33.9 Å². The third-order valence-corrected chi connectivity index (χ3v) is 10.8. The van der Waals surface area contributed by atoms with E-state index in [2.05, 4.69) is 10.3 Å². The maximum absolute atomic E-state index is 13.5. The number of carboxylic acid groups (broad SMARTS) is 1. The summed E-state index contributed by atoms with van der Waals surface area (Å²) in [7, 11) is 1.10. The SMILES string of the molecule is CNC(O)(CCO)C(C(=O)O)C(=O)OC(O)(CO)C1OC(Oc2ccc3c(=O)c(-c4ccc(O)cc4)coc3c2)C(On2cc3cc[nH]c3c2-c2cc(C)cc(C)c2)C(O)C1O. The summed E-state index contributed by atoms with van der Waals surface area (Å²) < 4.78 is 24.5. The first-order chi connectivity index (χ1) is 29.5. The number of aromatic amines is 1. The molecule has 6 aromatic rings. The molecule has 1 aliphatic heterocycles. The van der Waals surface area contributed by atoms with Crippen molar-refractivity contribution in [3.63, 3.8) is 0 Å². The third kappa shape index (κ3) is 8.22. The number of aromatic hydroxyl groups is 1. The summed E-state index contributed by atoms with van der Waals surface area (Å²) in [6.45, 7) is 1.50. The zero-order valence-corrected chi connectivity index (χ0v) is 33.5. The number of carbonyl (C=O) groups excluding carboxylic acids is 1. The molecule has 1 saturated heterocycles. The van der Waals surface area contributed by atoms with Gasteiger partial charge >= 0.3 is 11.9 Å². The molecule has 19 nitrogen and oxygen atoms in total. The zero-order valence-electron chi connectivity index (χ0n) is 33.5. The maximum Gasteiger partial charge on any atom is 0.327 e. The van der Waals surface area contributed by atoms with Crippen LogP contribution in [0.2, 0.25) is 0 Å². The van der Waals surface area contributed by atoms with E-state index >= 15 is 0 Å². The minimum absolute atomic E-state index is 0.00255. The molecule has 19 heteroatoms. The summed E-state index contributed by atoms with van der Waals surface area (Å²) >= 11 is 0. The van der Waals surface area contributed by atoms with Crippen LogP contribution in [-0.4, -0.2) is 125 Å². The van der Waals surface area contributed by atoms with Crippen molar-refractivity contribution in [1.82, 2.24) is 15.0 Å². The summed E-state index contributed by atoms with van der Waals surface area (Å²) in [5.74, 6) is -9.65. The van der Waals surface area contributed by atoms with E-state index in [1.807, 2.05) is 32.0 Å². The van der Waals surface area contributed by atoms with Crippen LogP contribution < -0.4 is 20.3 Å². The van der Waals surface area contributed by atoms with Gasteiger partial charge in [0.25, 0.3) is 5.79 Å². The smallest absolute Gasteiger partial charge is 0.327 e. The lowest BCUT2D eigenvalue weighted by molar-refractivity contribution is -0.356. The summed E-state index contributed by atoms with van der Waals surface area (Å²) in [6, 6.07) is 17.6. The predicted molar refractivity (Wildman–Crippen MR) is 217 cm³/mol. The van der Waals surface area contributed by atoms with Crippen molar-refractivity contribution in [2.45, 2.75) is 62.5 Å². The van der Waals surface area contributed by atoms with Crippen molar-refractivity contribution in [2.75, 3.05) is 20.3 Å². The van der Waals surface area contributed by atoms with Crippen LogP contribution in [0.1, 0.15) is 17.5 Å². The number of aromatic nitrogens is 2. The lowest BCUT2D eigenvalue weighted by Crippen LogP contribution is -2.69. The number of carboxylic acids is 1. The number of carbonyl (C=O) groups is 2. The minimum atomic E-state index is -3.32. The number of nitrogens with zero attached hydrogens (tertiary/aromatic N) is 1. The van der Waals surface area contributed by atoms with Gasteiger partial charge < -0.3 is 69.3 Å². The minimum Gasteiger partial charge on any atom is -0.508 e. The second kappa shape index (κ2) is 17.2. The molecule has 0 spiro atoms. The highest BCUT2D eigenvalue weighted by molar-refractivity contribution is 5.96. The lowest BCUT2D eigenvalue weighted by Gasteiger charge is -2.46. The molecule has 0 bridgehead atoms. The Hall–Kier alpha value is -6.29. The molecule has 0 radical (unpaired) electrons. The molecule has 8 atom stereocenters. The van der Waals surface area contributed by atoms with Crippen molar-refractivity contribution in [2.24, 2.45) is 5.92 Å². The van der Waals surface area contributed by atoms with Crippen LogP contribution in [0.5, 0.6) is 11.5 Å². The first-order valence-electron chi connectivity index (χ1n) is 19.3. The Morgan fingerprint density at radius 2 is 1.68 bits per heavy atom. The molecule has 8 unspecified atom stereocenters. The summed E-state index contributed by atoms with van der Waals surface area (Å²) in [6.07, 6.45) is -6.36. The number of aliphatic carboxylic acids is 1. The van der Waals surface area contributed by atoms with Crippen molar-refractivity contribution in [1.29, 1.82) is 0 Å². The molecule has 3 aromatic heterocycles. The molecule has 1 aliphatic rings. The Labute approximate surface area is 351 Å². The Morgan fingerprint density at radius 1 is 0.968 bits per heavy atom. The van der Waals surface area contributed by atoms with Gasteiger partial charge in [-0.25, -0.2) is 0 Å². The van der Waals surface area contributed by atoms with Crippen LogP contribution in [0.4, 0.5) is 0 Å². The van der Waals surface area contributed by atoms with Gasteiger partial charge in [-0.1, -0.05) is 29.3 Å². The van der Waals surface area contributed by atoms with Gasteiger partial charge in [-0.05, 0) is 68.9 Å². The zero-order chi connectivity index (χ0) is 44.7. The number of fused-ring (bicyclic) bond motifs is 2. The first-order valence-corrected chi connectivity index (χ1v) is 19.3. The van der Waals surface area contributed by atoms with Crippen molar-refractivity contribution in [3.05, 3.63) is 107 Å². The molecule has 0 aliphatic carbocycles. The third-order valence-electron chi connectivity index (χ3n) is 10.8. The Balaban J connectivity index is 1.28. The number of esters is 1. The monoisotopic (exact) mass is 859 g/mol. The number of ether oxygens (including phenoxy) is 3. The van der Waals surface area contributed by atoms with E-state index in [0.29, 0.717) is 27.7 Å². The maximum atomic E-state index is 13.5. The number of aliphatic hydroxyl groups is 6. The summed E-state index contributed by atoms with van der Waals surface area (Å²) in [5, 5.41) is 88.7. The largest absolute Gasteiger partial charge is 0.508 e. The normalized spacial score (nSPS) is 21.5. The second-order valence-corrected chi connectivity index (χ2v) is 15.1. The fourth-order valence-electron chi connectivity index (χ4n) is 7.66. The van der Waals surface area contributed by atoms with Gasteiger partial charge in [0.05, 0.1) is 22.7 Å². The Morgan fingerprint density at radius 3 is 2.32 bits per heavy atom. The highest BCUT2D eigenvalue weighted by Crippen LogP contribution is 2.36. The van der Waals surface area contributed by atoms with E-state index in [9.17, 15) is 55.2 Å². The predicted octanol–water partition coefficient (Wildman–Crippen LogP) is 1.27. The number of hydrogen-bond acceptors (Lipinski definition) is 16. The van der Waals surface area contributed by atoms with Gasteiger partial charge in [-0.3, -0.25) is 19.7 Å². The van der Waals surface area contributed by atoms with Gasteiger partial charge in [0.1, 0.15) is 53.6 Å². The van der Waals surface area contributed by atoms with E-state index in [-0.39, 0.29) is 28.0 Å². The van der Waals surface area contributed by atoms with Crippen LogP contribution in [0.3, 0.4) is 0 Å². The van der Waals surface area contributed by atoms with Crippen LogP contribution in [0.25, 0.3) is 44.3 Å². The van der Waals surface area contributed by atoms with Crippen LogP contribution in [0, 0.1) is 19.8 Å². The van der Waals surface area contributed by atoms with E-state index in [1.54, 1.807) is 30.6 Å². The Kier molecular flexibility index (Phi) is 12.2. The average Bonchev–Trinajstić information content (AvgIpc) is 3.82. The van der Waals surface area contributed by atoms with E-state index in [0.717, 1.165) is 18.2 Å². The number of benzene rings is 3. The van der Waals surface area contributed by atoms with E-state index in [4.69, 9.17) is 23.5 Å². The number of aryl methyl sites for hydroxylation is 2. The Bertz CT molecular complexity index is 2640. The fraction of sp³-hybridized carbons (Fsp3) is 0.326. The van der Waals surface area contributed by atoms with E-state index < -0.39 is 85.1 Å². The number of aliphatic hydroxyl groups excluding tert-OH is 4. The molecule has 62 heavy (non-hydrogen) atoms. The molecule has 0 amide bonds. The summed E-state index contributed by atoms with van der Waals surface area (Å²) in [4.78, 5) is 48.8. The topological polar surface area (TPSA) is 296 Å². The molecule has 1 fully saturated rings. The summed E-state index contributed by atoms with van der Waals surface area (Å²) in [5.41, 5.74) is 1.39. The van der Waals surface area contributed by atoms with Gasteiger partial charge in [-0.15, -0.1) is 0 Å². The van der Waals surface area contributed by atoms with Crippen LogP contribution >= 0.6 is 0 Å². The number of rotatable bonds is 15. The van der Waals surface area contributed by atoms with Crippen molar-refractivity contribution >= 4 is 33.8 Å². The van der Waals surface area contributed by atoms with Gasteiger partial charge in [0.15, 0.2) is 17.5 Å². The van der Waals surface area contributed by atoms with Gasteiger partial charge in [0.2, 0.25) is 12.4 Å². The second-order valence-electron chi connectivity index (χ2n) is 15.1. The highest BCUT2D eigenvalue weighted by atomic mass is 16.8. The average molecular weight is 860 g/mol. The molecular weight excluding hydrogens is 814 g/mol. The lowest BCUT2D eigenvalue weighted by atomic mass is 9.91. The molecule has 10 N–H and O–H groups in total. The van der Waals surface area contributed by atoms with Crippen molar-refractivity contribution < 1.29 is 73.9 Å². The first kappa shape index (κ1) is 43.8. The number of phenolic OH excluding ortho intramolecular Hbond substituents is 1. The number of hydrogen-bond donors (Lipinski definition) is 10. The number of nitrogens with one attached hydrogen (secondary N) is 2. The van der Waals surface area contributed by atoms with Crippen LogP contribution in [-0.2, 0) is 19.1 Å². The molecular formula is C43H45N3O16. The molecule has 0 saturated carbocycles.